The lowest BCUT2D eigenvalue weighted by molar-refractivity contribution is -0.139. The zero-order valence-electron chi connectivity index (χ0n) is 8.35. The van der Waals surface area contributed by atoms with E-state index in [1.807, 2.05) is 0 Å². The standard InChI is InChI=1S/C10H11F4NO/c11-8-1-2-9(7(5-8)6-15)16-4-3-10(12,13)14/h1-2,5H,3-4,6,15H2. The SMILES string of the molecule is NCc1cc(F)ccc1OCCC(F)(F)F. The van der Waals surface area contributed by atoms with Crippen LogP contribution >= 0.6 is 0 Å². The van der Waals surface area contributed by atoms with Crippen LogP contribution in [0.4, 0.5) is 17.6 Å². The van der Waals surface area contributed by atoms with Crippen molar-refractivity contribution in [3.63, 3.8) is 0 Å². The van der Waals surface area contributed by atoms with E-state index in [1.54, 1.807) is 0 Å². The van der Waals surface area contributed by atoms with Crippen molar-refractivity contribution in [2.75, 3.05) is 6.61 Å². The van der Waals surface area contributed by atoms with Gasteiger partial charge in [0.1, 0.15) is 11.6 Å². The van der Waals surface area contributed by atoms with Crippen molar-refractivity contribution in [1.29, 1.82) is 0 Å². The van der Waals surface area contributed by atoms with Gasteiger partial charge in [0, 0.05) is 12.1 Å². The Balaban J connectivity index is 2.60. The van der Waals surface area contributed by atoms with Gasteiger partial charge in [-0.05, 0) is 18.2 Å². The molecule has 0 aliphatic heterocycles. The molecule has 0 atom stereocenters. The summed E-state index contributed by atoms with van der Waals surface area (Å²) in [6.07, 6.45) is -5.31. The van der Waals surface area contributed by atoms with E-state index in [1.165, 1.54) is 6.07 Å². The normalized spacial score (nSPS) is 11.6. The van der Waals surface area contributed by atoms with Crippen molar-refractivity contribution in [2.24, 2.45) is 5.73 Å². The molecule has 1 rings (SSSR count). The summed E-state index contributed by atoms with van der Waals surface area (Å²) in [6.45, 7) is -0.485. The Hall–Kier alpha value is -1.30. The molecule has 0 aromatic heterocycles. The molecule has 0 fully saturated rings. The van der Waals surface area contributed by atoms with Crippen LogP contribution in [-0.2, 0) is 6.54 Å². The maximum Gasteiger partial charge on any atom is 0.392 e. The molecule has 0 saturated heterocycles. The first-order valence-electron chi connectivity index (χ1n) is 4.60. The summed E-state index contributed by atoms with van der Waals surface area (Å²) in [4.78, 5) is 0. The van der Waals surface area contributed by atoms with E-state index in [-0.39, 0.29) is 12.3 Å². The van der Waals surface area contributed by atoms with Gasteiger partial charge in [-0.25, -0.2) is 4.39 Å². The van der Waals surface area contributed by atoms with Gasteiger partial charge in [0.15, 0.2) is 0 Å². The highest BCUT2D eigenvalue weighted by molar-refractivity contribution is 5.33. The number of halogens is 4. The lowest BCUT2D eigenvalue weighted by Crippen LogP contribution is -2.14. The zero-order chi connectivity index (χ0) is 12.2. The second-order valence-corrected chi connectivity index (χ2v) is 3.17. The summed E-state index contributed by atoms with van der Waals surface area (Å²) in [5.74, 6) is -0.309. The van der Waals surface area contributed by atoms with Crippen LogP contribution in [0.1, 0.15) is 12.0 Å². The summed E-state index contributed by atoms with van der Waals surface area (Å²) >= 11 is 0. The van der Waals surface area contributed by atoms with Gasteiger partial charge >= 0.3 is 6.18 Å². The fourth-order valence-electron chi connectivity index (χ4n) is 1.13. The molecular formula is C10H11F4NO. The quantitative estimate of drug-likeness (QED) is 0.817. The number of ether oxygens (including phenoxy) is 1. The summed E-state index contributed by atoms with van der Waals surface area (Å²) in [5.41, 5.74) is 5.66. The summed E-state index contributed by atoms with van der Waals surface area (Å²) in [7, 11) is 0. The maximum atomic E-state index is 12.8. The molecule has 6 heteroatoms. The van der Waals surface area contributed by atoms with E-state index < -0.39 is 25.0 Å². The molecule has 0 saturated carbocycles. The first-order valence-corrected chi connectivity index (χ1v) is 4.60. The molecule has 0 spiro atoms. The monoisotopic (exact) mass is 237 g/mol. The van der Waals surface area contributed by atoms with Gasteiger partial charge in [-0.1, -0.05) is 0 Å². The van der Waals surface area contributed by atoms with Crippen LogP contribution in [0.2, 0.25) is 0 Å². The third kappa shape index (κ3) is 4.06. The lowest BCUT2D eigenvalue weighted by atomic mass is 10.2. The van der Waals surface area contributed by atoms with Crippen molar-refractivity contribution in [3.05, 3.63) is 29.6 Å². The van der Waals surface area contributed by atoms with Crippen LogP contribution in [-0.4, -0.2) is 12.8 Å². The molecule has 2 N–H and O–H groups in total. The second-order valence-electron chi connectivity index (χ2n) is 3.17. The Morgan fingerprint density at radius 3 is 2.50 bits per heavy atom. The van der Waals surface area contributed by atoms with Gasteiger partial charge in [0.2, 0.25) is 0 Å². The fraction of sp³-hybridized carbons (Fsp3) is 0.400. The summed E-state index contributed by atoms with van der Waals surface area (Å²) in [5, 5.41) is 0. The van der Waals surface area contributed by atoms with Crippen molar-refractivity contribution >= 4 is 0 Å². The third-order valence-corrected chi connectivity index (χ3v) is 1.89. The minimum Gasteiger partial charge on any atom is -0.493 e. The molecule has 1 aromatic rings. The highest BCUT2D eigenvalue weighted by Gasteiger charge is 2.26. The van der Waals surface area contributed by atoms with Crippen LogP contribution in [0.25, 0.3) is 0 Å². The van der Waals surface area contributed by atoms with E-state index in [4.69, 9.17) is 10.5 Å². The summed E-state index contributed by atoms with van der Waals surface area (Å²) < 4.78 is 53.2. The molecule has 0 unspecified atom stereocenters. The zero-order valence-corrected chi connectivity index (χ0v) is 8.35. The molecule has 90 valence electrons. The van der Waals surface area contributed by atoms with Crippen molar-refractivity contribution in [3.8, 4) is 5.75 Å². The van der Waals surface area contributed by atoms with Gasteiger partial charge in [0.05, 0.1) is 13.0 Å². The molecule has 2 nitrogen and oxygen atoms in total. The Morgan fingerprint density at radius 1 is 1.25 bits per heavy atom. The first kappa shape index (κ1) is 12.8. The molecule has 1 aromatic carbocycles. The molecule has 0 bridgehead atoms. The van der Waals surface area contributed by atoms with Gasteiger partial charge in [0.25, 0.3) is 0 Å². The smallest absolute Gasteiger partial charge is 0.392 e. The van der Waals surface area contributed by atoms with E-state index in [2.05, 4.69) is 0 Å². The van der Waals surface area contributed by atoms with Crippen LogP contribution in [0.15, 0.2) is 18.2 Å². The Kier molecular flexibility index (Phi) is 4.12. The molecule has 0 amide bonds. The average Bonchev–Trinajstić information content (AvgIpc) is 2.18. The van der Waals surface area contributed by atoms with E-state index in [9.17, 15) is 17.6 Å². The fourth-order valence-corrected chi connectivity index (χ4v) is 1.13. The average molecular weight is 237 g/mol. The summed E-state index contributed by atoms with van der Waals surface area (Å²) in [6, 6.07) is 3.53. The topological polar surface area (TPSA) is 35.2 Å². The van der Waals surface area contributed by atoms with Crippen LogP contribution < -0.4 is 10.5 Å². The molecule has 0 heterocycles. The van der Waals surface area contributed by atoms with Crippen LogP contribution in [0.5, 0.6) is 5.75 Å². The predicted molar refractivity (Wildman–Crippen MR) is 50.5 cm³/mol. The molecule has 16 heavy (non-hydrogen) atoms. The molecular weight excluding hydrogens is 226 g/mol. The number of benzene rings is 1. The number of hydrogen-bond acceptors (Lipinski definition) is 2. The predicted octanol–water partition coefficient (Wildman–Crippen LogP) is 2.62. The third-order valence-electron chi connectivity index (χ3n) is 1.89. The Bertz CT molecular complexity index is 351. The highest BCUT2D eigenvalue weighted by Crippen LogP contribution is 2.22. The van der Waals surface area contributed by atoms with Gasteiger partial charge in [-0.3, -0.25) is 0 Å². The van der Waals surface area contributed by atoms with Gasteiger partial charge in [-0.2, -0.15) is 13.2 Å². The van der Waals surface area contributed by atoms with Crippen LogP contribution in [0.3, 0.4) is 0 Å². The Labute approximate surface area is 90.0 Å². The number of nitrogens with two attached hydrogens (primary N) is 1. The lowest BCUT2D eigenvalue weighted by Gasteiger charge is -2.11. The minimum atomic E-state index is -4.26. The van der Waals surface area contributed by atoms with E-state index >= 15 is 0 Å². The van der Waals surface area contributed by atoms with Gasteiger partial charge in [-0.15, -0.1) is 0 Å². The van der Waals surface area contributed by atoms with Gasteiger partial charge < -0.3 is 10.5 Å². The van der Waals surface area contributed by atoms with Crippen molar-refractivity contribution in [2.45, 2.75) is 19.1 Å². The van der Waals surface area contributed by atoms with Crippen LogP contribution in [0, 0.1) is 5.82 Å². The number of rotatable bonds is 4. The highest BCUT2D eigenvalue weighted by atomic mass is 19.4. The second kappa shape index (κ2) is 5.16. The number of hydrogen-bond donors (Lipinski definition) is 1. The Morgan fingerprint density at radius 2 is 1.94 bits per heavy atom. The molecule has 0 radical (unpaired) electrons. The maximum absolute atomic E-state index is 12.8. The van der Waals surface area contributed by atoms with E-state index in [0.717, 1.165) is 12.1 Å². The van der Waals surface area contributed by atoms with Crippen molar-refractivity contribution < 1.29 is 22.3 Å². The number of alkyl halides is 3. The molecule has 0 aliphatic carbocycles. The van der Waals surface area contributed by atoms with Crippen molar-refractivity contribution in [1.82, 2.24) is 0 Å². The first-order chi connectivity index (χ1) is 7.42. The van der Waals surface area contributed by atoms with E-state index in [0.29, 0.717) is 5.56 Å². The largest absolute Gasteiger partial charge is 0.493 e. The minimum absolute atomic E-state index is 0.0130. The molecule has 0 aliphatic rings.